The van der Waals surface area contributed by atoms with Gasteiger partial charge < -0.3 is 5.21 Å². The molecule has 15 heavy (non-hydrogen) atoms. The van der Waals surface area contributed by atoms with Crippen LogP contribution in [0.25, 0.3) is 0 Å². The maximum Gasteiger partial charge on any atom is 0.155 e. The standard InChI is InChI=1S/C10H10F3NO/c11-7-1-2-8(9(12)5-7)10(13)3-4-14(15)6-10/h1-2,5,15H,3-4,6H2. The van der Waals surface area contributed by atoms with Crippen LogP contribution in [0, 0.1) is 11.6 Å². The van der Waals surface area contributed by atoms with Gasteiger partial charge in [-0.2, -0.15) is 5.06 Å². The molecule has 2 nitrogen and oxygen atoms in total. The summed E-state index contributed by atoms with van der Waals surface area (Å²) in [5.74, 6) is -1.65. The Morgan fingerprint density at radius 1 is 1.33 bits per heavy atom. The lowest BCUT2D eigenvalue weighted by atomic mass is 9.94. The molecule has 1 atom stereocenters. The van der Waals surface area contributed by atoms with Crippen LogP contribution < -0.4 is 0 Å². The predicted octanol–water partition coefficient (Wildman–Crippen LogP) is 2.22. The Bertz CT molecular complexity index is 385. The zero-order chi connectivity index (χ0) is 11.1. The summed E-state index contributed by atoms with van der Waals surface area (Å²) in [5.41, 5.74) is -2.12. The van der Waals surface area contributed by atoms with Crippen LogP contribution in [0.3, 0.4) is 0 Å². The van der Waals surface area contributed by atoms with E-state index in [4.69, 9.17) is 5.21 Å². The maximum atomic E-state index is 14.1. The first-order valence-corrected chi connectivity index (χ1v) is 4.59. The second kappa shape index (κ2) is 3.50. The van der Waals surface area contributed by atoms with E-state index in [2.05, 4.69) is 0 Å². The van der Waals surface area contributed by atoms with Gasteiger partial charge in [0.15, 0.2) is 5.67 Å². The number of nitrogens with zero attached hydrogens (tertiary/aromatic N) is 1. The van der Waals surface area contributed by atoms with Gasteiger partial charge in [0.2, 0.25) is 0 Å². The fourth-order valence-corrected chi connectivity index (χ4v) is 1.83. The van der Waals surface area contributed by atoms with Gasteiger partial charge in [0.25, 0.3) is 0 Å². The molecule has 0 amide bonds. The first-order valence-electron chi connectivity index (χ1n) is 4.59. The van der Waals surface area contributed by atoms with E-state index in [0.717, 1.165) is 17.2 Å². The van der Waals surface area contributed by atoms with Crippen molar-refractivity contribution >= 4 is 0 Å². The molecule has 1 N–H and O–H groups in total. The molecule has 0 aromatic heterocycles. The van der Waals surface area contributed by atoms with Gasteiger partial charge in [-0.3, -0.25) is 0 Å². The molecule has 1 aromatic rings. The highest BCUT2D eigenvalue weighted by molar-refractivity contribution is 5.26. The Kier molecular flexibility index (Phi) is 2.44. The number of hydroxylamine groups is 2. The highest BCUT2D eigenvalue weighted by atomic mass is 19.2. The van der Waals surface area contributed by atoms with Crippen LogP contribution in [0.1, 0.15) is 12.0 Å². The number of rotatable bonds is 1. The molecule has 1 aliphatic heterocycles. The van der Waals surface area contributed by atoms with Gasteiger partial charge in [-0.25, -0.2) is 13.2 Å². The van der Waals surface area contributed by atoms with Crippen LogP contribution >= 0.6 is 0 Å². The molecular formula is C10H10F3NO. The molecular weight excluding hydrogens is 207 g/mol. The smallest absolute Gasteiger partial charge is 0.155 e. The second-order valence-electron chi connectivity index (χ2n) is 3.73. The van der Waals surface area contributed by atoms with Gasteiger partial charge in [-0.05, 0) is 12.1 Å². The van der Waals surface area contributed by atoms with Crippen molar-refractivity contribution in [1.82, 2.24) is 5.06 Å². The summed E-state index contributed by atoms with van der Waals surface area (Å²) in [6.07, 6.45) is 0.00600. The van der Waals surface area contributed by atoms with Crippen molar-refractivity contribution in [1.29, 1.82) is 0 Å². The van der Waals surface area contributed by atoms with Crippen molar-refractivity contribution in [2.45, 2.75) is 12.1 Å². The minimum atomic E-state index is -1.92. The Hall–Kier alpha value is -1.07. The summed E-state index contributed by atoms with van der Waals surface area (Å²) in [6.45, 7) is -0.136. The third-order valence-corrected chi connectivity index (χ3v) is 2.61. The van der Waals surface area contributed by atoms with E-state index in [1.807, 2.05) is 0 Å². The zero-order valence-electron chi connectivity index (χ0n) is 7.88. The molecule has 0 bridgehead atoms. The zero-order valence-corrected chi connectivity index (χ0v) is 7.88. The molecule has 1 aromatic carbocycles. The fraction of sp³-hybridized carbons (Fsp3) is 0.400. The molecule has 1 heterocycles. The number of hydrogen-bond donors (Lipinski definition) is 1. The number of hydrogen-bond acceptors (Lipinski definition) is 2. The summed E-state index contributed by atoms with van der Waals surface area (Å²) in [6, 6.07) is 2.75. The lowest BCUT2D eigenvalue weighted by molar-refractivity contribution is -0.0807. The topological polar surface area (TPSA) is 23.5 Å². The Balaban J connectivity index is 2.37. The number of halogens is 3. The molecule has 1 aliphatic rings. The molecule has 0 saturated carbocycles. The molecule has 1 unspecified atom stereocenters. The lowest BCUT2D eigenvalue weighted by Gasteiger charge is -2.19. The van der Waals surface area contributed by atoms with E-state index in [9.17, 15) is 13.2 Å². The van der Waals surface area contributed by atoms with Crippen molar-refractivity contribution < 1.29 is 18.4 Å². The highest BCUT2D eigenvalue weighted by Gasteiger charge is 2.41. The molecule has 5 heteroatoms. The Morgan fingerprint density at radius 2 is 2.07 bits per heavy atom. The summed E-state index contributed by atoms with van der Waals surface area (Å²) < 4.78 is 40.0. The van der Waals surface area contributed by atoms with Crippen LogP contribution in [-0.2, 0) is 5.67 Å². The lowest BCUT2D eigenvalue weighted by Crippen LogP contribution is -2.26. The average Bonchev–Trinajstić information content (AvgIpc) is 2.46. The van der Waals surface area contributed by atoms with Crippen molar-refractivity contribution in [3.8, 4) is 0 Å². The van der Waals surface area contributed by atoms with Crippen LogP contribution in [0.2, 0.25) is 0 Å². The molecule has 2 rings (SSSR count). The second-order valence-corrected chi connectivity index (χ2v) is 3.73. The van der Waals surface area contributed by atoms with Gasteiger partial charge >= 0.3 is 0 Å². The quantitative estimate of drug-likeness (QED) is 0.779. The van der Waals surface area contributed by atoms with Gasteiger partial charge in [-0.1, -0.05) is 0 Å². The summed E-state index contributed by atoms with van der Waals surface area (Å²) in [4.78, 5) is 0. The first-order chi connectivity index (χ1) is 7.01. The number of alkyl halides is 1. The molecule has 0 aliphatic carbocycles. The van der Waals surface area contributed by atoms with Gasteiger partial charge in [0.05, 0.1) is 6.54 Å². The first kappa shape index (κ1) is 10.4. The highest BCUT2D eigenvalue weighted by Crippen LogP contribution is 2.36. The van der Waals surface area contributed by atoms with Crippen molar-refractivity contribution in [2.24, 2.45) is 0 Å². The van der Waals surface area contributed by atoms with Gasteiger partial charge in [0.1, 0.15) is 11.6 Å². The summed E-state index contributed by atoms with van der Waals surface area (Å²) in [7, 11) is 0. The third kappa shape index (κ3) is 1.85. The monoisotopic (exact) mass is 217 g/mol. The molecule has 0 spiro atoms. The third-order valence-electron chi connectivity index (χ3n) is 2.61. The Morgan fingerprint density at radius 3 is 2.60 bits per heavy atom. The SMILES string of the molecule is ON1CCC(F)(c2ccc(F)cc2F)C1. The Labute approximate surface area is 84.9 Å². The van der Waals surface area contributed by atoms with Gasteiger partial charge in [0, 0.05) is 24.6 Å². The molecule has 82 valence electrons. The molecule has 1 fully saturated rings. The van der Waals surface area contributed by atoms with Crippen molar-refractivity contribution in [2.75, 3.05) is 13.1 Å². The predicted molar refractivity (Wildman–Crippen MR) is 47.1 cm³/mol. The minimum absolute atomic E-state index is 0.00600. The van der Waals surface area contributed by atoms with E-state index in [-0.39, 0.29) is 25.1 Å². The number of benzene rings is 1. The molecule has 0 radical (unpaired) electrons. The average molecular weight is 217 g/mol. The van der Waals surface area contributed by atoms with Crippen LogP contribution in [0.4, 0.5) is 13.2 Å². The largest absolute Gasteiger partial charge is 0.314 e. The summed E-state index contributed by atoms with van der Waals surface area (Å²) in [5, 5.41) is 9.86. The van der Waals surface area contributed by atoms with E-state index in [1.54, 1.807) is 0 Å². The normalized spacial score (nSPS) is 27.2. The van der Waals surface area contributed by atoms with E-state index in [1.165, 1.54) is 0 Å². The molecule has 1 saturated heterocycles. The summed E-state index contributed by atoms with van der Waals surface area (Å²) >= 11 is 0. The van der Waals surface area contributed by atoms with E-state index < -0.39 is 17.3 Å². The van der Waals surface area contributed by atoms with Crippen molar-refractivity contribution in [3.63, 3.8) is 0 Å². The van der Waals surface area contributed by atoms with Gasteiger partial charge in [-0.15, -0.1) is 0 Å². The van der Waals surface area contributed by atoms with E-state index in [0.29, 0.717) is 6.07 Å². The van der Waals surface area contributed by atoms with Crippen LogP contribution in [0.5, 0.6) is 0 Å². The van der Waals surface area contributed by atoms with Crippen LogP contribution in [0.15, 0.2) is 18.2 Å². The maximum absolute atomic E-state index is 14.1. The van der Waals surface area contributed by atoms with E-state index >= 15 is 0 Å². The fourth-order valence-electron chi connectivity index (χ4n) is 1.83. The van der Waals surface area contributed by atoms with Crippen molar-refractivity contribution in [3.05, 3.63) is 35.4 Å². The minimum Gasteiger partial charge on any atom is -0.314 e. The van der Waals surface area contributed by atoms with Crippen LogP contribution in [-0.4, -0.2) is 23.4 Å².